The Morgan fingerprint density at radius 1 is 1.18 bits per heavy atom. The number of halogens is 4. The number of nitrogens with zero attached hydrogens (tertiary/aromatic N) is 1. The van der Waals surface area contributed by atoms with Crippen molar-refractivity contribution in [3.63, 3.8) is 0 Å². The molecule has 1 saturated heterocycles. The summed E-state index contributed by atoms with van der Waals surface area (Å²) >= 11 is 5.69. The third kappa shape index (κ3) is 4.34. The number of alkyl halides is 3. The summed E-state index contributed by atoms with van der Waals surface area (Å²) in [6.45, 7) is -1.02. The third-order valence-electron chi connectivity index (χ3n) is 3.35. The molecule has 2 rings (SSSR count). The fraction of sp³-hybridized carbons (Fsp3) is 0.538. The zero-order valence-corrected chi connectivity index (χ0v) is 13.1. The summed E-state index contributed by atoms with van der Waals surface area (Å²) in [5, 5.41) is 0.312. The van der Waals surface area contributed by atoms with Crippen molar-refractivity contribution in [1.29, 1.82) is 0 Å². The van der Waals surface area contributed by atoms with E-state index in [2.05, 4.69) is 0 Å². The van der Waals surface area contributed by atoms with E-state index >= 15 is 0 Å². The first-order valence-electron chi connectivity index (χ1n) is 6.62. The number of hydrogen-bond donors (Lipinski definition) is 0. The lowest BCUT2D eigenvalue weighted by atomic mass is 10.1. The van der Waals surface area contributed by atoms with Crippen LogP contribution in [0.15, 0.2) is 29.2 Å². The third-order valence-corrected chi connectivity index (χ3v) is 5.52. The van der Waals surface area contributed by atoms with Gasteiger partial charge in [0.1, 0.15) is 6.54 Å². The summed E-state index contributed by atoms with van der Waals surface area (Å²) in [5.41, 5.74) is 0. The maximum absolute atomic E-state index is 12.8. The van der Waals surface area contributed by atoms with Crippen molar-refractivity contribution in [3.05, 3.63) is 29.3 Å². The molecule has 0 spiro atoms. The Kier molecular flexibility index (Phi) is 5.37. The lowest BCUT2D eigenvalue weighted by Gasteiger charge is -2.33. The van der Waals surface area contributed by atoms with E-state index in [1.807, 2.05) is 0 Å². The first kappa shape index (κ1) is 17.5. The van der Waals surface area contributed by atoms with Crippen LogP contribution in [-0.2, 0) is 14.8 Å². The Hall–Kier alpha value is -0.830. The second-order valence-electron chi connectivity index (χ2n) is 4.96. The van der Waals surface area contributed by atoms with Crippen molar-refractivity contribution in [2.75, 3.05) is 19.8 Å². The molecule has 1 fully saturated rings. The van der Waals surface area contributed by atoms with Gasteiger partial charge in [0.05, 0.1) is 4.90 Å². The van der Waals surface area contributed by atoms with Gasteiger partial charge in [-0.05, 0) is 37.1 Å². The molecule has 0 radical (unpaired) electrons. The zero-order valence-electron chi connectivity index (χ0n) is 11.5. The Morgan fingerprint density at radius 3 is 2.23 bits per heavy atom. The highest BCUT2D eigenvalue weighted by atomic mass is 35.5. The molecule has 0 atom stereocenters. The van der Waals surface area contributed by atoms with Crippen molar-refractivity contribution in [2.24, 2.45) is 0 Å². The molecular formula is C13H15ClF3NO3S. The molecule has 0 N–H and O–H groups in total. The maximum atomic E-state index is 12.8. The average molecular weight is 358 g/mol. The van der Waals surface area contributed by atoms with Gasteiger partial charge in [-0.15, -0.1) is 0 Å². The van der Waals surface area contributed by atoms with E-state index in [-0.39, 0.29) is 31.0 Å². The number of hydrogen-bond acceptors (Lipinski definition) is 3. The molecule has 0 unspecified atom stereocenters. The molecule has 1 heterocycles. The molecule has 124 valence electrons. The van der Waals surface area contributed by atoms with E-state index in [1.54, 1.807) is 0 Å². The van der Waals surface area contributed by atoms with Gasteiger partial charge in [0.25, 0.3) is 0 Å². The highest BCUT2D eigenvalue weighted by Gasteiger charge is 2.41. The predicted octanol–water partition coefficient (Wildman–Crippen LogP) is 3.07. The topological polar surface area (TPSA) is 46.6 Å². The minimum Gasteiger partial charge on any atom is -0.381 e. The van der Waals surface area contributed by atoms with Crippen LogP contribution in [0.25, 0.3) is 0 Å². The lowest BCUT2D eigenvalue weighted by molar-refractivity contribution is -0.141. The SMILES string of the molecule is O=S(=O)(c1ccc(Cl)cc1)N(CC(F)(F)F)C1CCOCC1. The van der Waals surface area contributed by atoms with E-state index in [0.717, 1.165) is 0 Å². The van der Waals surface area contributed by atoms with Gasteiger partial charge in [0.15, 0.2) is 0 Å². The smallest absolute Gasteiger partial charge is 0.381 e. The molecule has 0 saturated carbocycles. The minimum atomic E-state index is -4.61. The molecule has 0 aliphatic carbocycles. The Bertz CT molecular complexity index is 598. The molecule has 22 heavy (non-hydrogen) atoms. The summed E-state index contributed by atoms with van der Waals surface area (Å²) in [7, 11) is -4.25. The summed E-state index contributed by atoms with van der Waals surface area (Å²) in [6.07, 6.45) is -4.14. The van der Waals surface area contributed by atoms with E-state index in [4.69, 9.17) is 16.3 Å². The van der Waals surface area contributed by atoms with Gasteiger partial charge in [-0.2, -0.15) is 17.5 Å². The zero-order chi connectivity index (χ0) is 16.4. The molecule has 1 aliphatic heterocycles. The van der Waals surface area contributed by atoms with Crippen LogP contribution in [0.3, 0.4) is 0 Å². The van der Waals surface area contributed by atoms with E-state index < -0.39 is 28.8 Å². The van der Waals surface area contributed by atoms with Gasteiger partial charge >= 0.3 is 6.18 Å². The molecule has 0 bridgehead atoms. The first-order chi connectivity index (χ1) is 10.2. The van der Waals surface area contributed by atoms with Gasteiger partial charge < -0.3 is 4.74 Å². The average Bonchev–Trinajstić information content (AvgIpc) is 2.45. The van der Waals surface area contributed by atoms with E-state index in [1.165, 1.54) is 24.3 Å². The highest BCUT2D eigenvalue weighted by molar-refractivity contribution is 7.89. The fourth-order valence-corrected chi connectivity index (χ4v) is 4.10. The molecule has 1 aliphatic rings. The van der Waals surface area contributed by atoms with Crippen LogP contribution in [0.2, 0.25) is 5.02 Å². The Labute approximate surface area is 131 Å². The highest BCUT2D eigenvalue weighted by Crippen LogP contribution is 2.28. The fourth-order valence-electron chi connectivity index (χ4n) is 2.30. The van der Waals surface area contributed by atoms with Crippen molar-refractivity contribution >= 4 is 21.6 Å². The standard InChI is InChI=1S/C13H15ClF3NO3S/c14-10-1-3-12(4-2-10)22(19,20)18(9-13(15,16)17)11-5-7-21-8-6-11/h1-4,11H,5-9H2. The van der Waals surface area contributed by atoms with Crippen molar-refractivity contribution in [3.8, 4) is 0 Å². The largest absolute Gasteiger partial charge is 0.402 e. The van der Waals surface area contributed by atoms with Crippen LogP contribution >= 0.6 is 11.6 Å². The Balaban J connectivity index is 2.35. The van der Waals surface area contributed by atoms with Crippen LogP contribution in [-0.4, -0.2) is 44.7 Å². The Morgan fingerprint density at radius 2 is 1.73 bits per heavy atom. The molecule has 1 aromatic rings. The van der Waals surface area contributed by atoms with Crippen LogP contribution < -0.4 is 0 Å². The monoisotopic (exact) mass is 357 g/mol. The van der Waals surface area contributed by atoms with Crippen molar-refractivity contribution < 1.29 is 26.3 Å². The second kappa shape index (κ2) is 6.74. The van der Waals surface area contributed by atoms with Gasteiger partial charge in [0.2, 0.25) is 10.0 Å². The summed E-state index contributed by atoms with van der Waals surface area (Å²) < 4.78 is 69.2. The number of sulfonamides is 1. The quantitative estimate of drug-likeness (QED) is 0.832. The first-order valence-corrected chi connectivity index (χ1v) is 8.44. The van der Waals surface area contributed by atoms with Gasteiger partial charge in [-0.1, -0.05) is 11.6 Å². The molecule has 1 aromatic carbocycles. The van der Waals surface area contributed by atoms with Crippen LogP contribution in [0.4, 0.5) is 13.2 Å². The molecule has 0 amide bonds. The lowest BCUT2D eigenvalue weighted by Crippen LogP contribution is -2.47. The van der Waals surface area contributed by atoms with E-state index in [9.17, 15) is 21.6 Å². The summed E-state index contributed by atoms with van der Waals surface area (Å²) in [6, 6.07) is 4.37. The van der Waals surface area contributed by atoms with Crippen molar-refractivity contribution in [1.82, 2.24) is 4.31 Å². The maximum Gasteiger partial charge on any atom is 0.402 e. The summed E-state index contributed by atoms with van der Waals surface area (Å²) in [5.74, 6) is 0. The number of benzene rings is 1. The molecule has 0 aromatic heterocycles. The van der Waals surface area contributed by atoms with Crippen molar-refractivity contribution in [2.45, 2.75) is 30.0 Å². The predicted molar refractivity (Wildman–Crippen MR) is 75.2 cm³/mol. The van der Waals surface area contributed by atoms with Gasteiger partial charge in [-0.3, -0.25) is 0 Å². The van der Waals surface area contributed by atoms with Gasteiger partial charge in [0, 0.05) is 24.3 Å². The minimum absolute atomic E-state index is 0.201. The number of ether oxygens (including phenoxy) is 1. The van der Waals surface area contributed by atoms with Crippen LogP contribution in [0, 0.1) is 0 Å². The van der Waals surface area contributed by atoms with Crippen LogP contribution in [0.5, 0.6) is 0 Å². The normalized spacial score (nSPS) is 17.9. The number of rotatable bonds is 4. The molecular weight excluding hydrogens is 343 g/mol. The molecule has 4 nitrogen and oxygen atoms in total. The molecule has 9 heteroatoms. The van der Waals surface area contributed by atoms with Crippen LogP contribution in [0.1, 0.15) is 12.8 Å². The second-order valence-corrected chi connectivity index (χ2v) is 7.29. The van der Waals surface area contributed by atoms with E-state index in [0.29, 0.717) is 9.33 Å². The van der Waals surface area contributed by atoms with Gasteiger partial charge in [-0.25, -0.2) is 8.42 Å². The summed E-state index contributed by atoms with van der Waals surface area (Å²) in [4.78, 5) is -0.201.